The SMILES string of the molecule is CC1CCCN(C(=O)Nc2cccc(NS(N)(=O)=O)c2)C1. The summed E-state index contributed by atoms with van der Waals surface area (Å²) in [7, 11) is -3.82. The smallest absolute Gasteiger partial charge is 0.321 e. The third-order valence-corrected chi connectivity index (χ3v) is 3.84. The highest BCUT2D eigenvalue weighted by molar-refractivity contribution is 7.90. The summed E-state index contributed by atoms with van der Waals surface area (Å²) in [4.78, 5) is 13.9. The summed E-state index contributed by atoms with van der Waals surface area (Å²) in [6, 6.07) is 6.24. The molecule has 0 aromatic heterocycles. The van der Waals surface area contributed by atoms with E-state index in [-0.39, 0.29) is 6.03 Å². The first-order valence-electron chi connectivity index (χ1n) is 6.80. The molecule has 1 heterocycles. The molecule has 0 bridgehead atoms. The van der Waals surface area contributed by atoms with Gasteiger partial charge < -0.3 is 10.2 Å². The summed E-state index contributed by atoms with van der Waals surface area (Å²) in [6.07, 6.45) is 2.14. The number of carbonyl (C=O) groups is 1. The van der Waals surface area contributed by atoms with Gasteiger partial charge in [0.15, 0.2) is 0 Å². The highest BCUT2D eigenvalue weighted by Crippen LogP contribution is 2.19. The molecule has 1 unspecified atom stereocenters. The number of nitrogens with one attached hydrogen (secondary N) is 2. The van der Waals surface area contributed by atoms with Gasteiger partial charge in [0.25, 0.3) is 10.2 Å². The number of likely N-dealkylation sites (tertiary alicyclic amines) is 1. The summed E-state index contributed by atoms with van der Waals surface area (Å²) in [5.41, 5.74) is 0.828. The highest BCUT2D eigenvalue weighted by Gasteiger charge is 2.20. The fourth-order valence-electron chi connectivity index (χ4n) is 2.40. The summed E-state index contributed by atoms with van der Waals surface area (Å²) in [5, 5.41) is 7.69. The van der Waals surface area contributed by atoms with Crippen molar-refractivity contribution in [2.45, 2.75) is 19.8 Å². The monoisotopic (exact) mass is 312 g/mol. The van der Waals surface area contributed by atoms with Crippen molar-refractivity contribution in [3.05, 3.63) is 24.3 Å². The Bertz CT molecular complexity index is 618. The Labute approximate surface area is 124 Å². The van der Waals surface area contributed by atoms with E-state index in [1.54, 1.807) is 23.1 Å². The van der Waals surface area contributed by atoms with Crippen molar-refractivity contribution >= 4 is 27.6 Å². The van der Waals surface area contributed by atoms with Gasteiger partial charge in [0.2, 0.25) is 0 Å². The number of carbonyl (C=O) groups excluding carboxylic acids is 1. The molecular formula is C13H20N4O3S. The van der Waals surface area contributed by atoms with Gasteiger partial charge in [0, 0.05) is 18.8 Å². The van der Waals surface area contributed by atoms with E-state index in [4.69, 9.17) is 5.14 Å². The Morgan fingerprint density at radius 3 is 2.76 bits per heavy atom. The van der Waals surface area contributed by atoms with Gasteiger partial charge in [0.1, 0.15) is 0 Å². The zero-order valence-electron chi connectivity index (χ0n) is 11.9. The molecule has 2 rings (SSSR count). The Balaban J connectivity index is 2.02. The number of hydrogen-bond donors (Lipinski definition) is 3. The van der Waals surface area contributed by atoms with Crippen LogP contribution in [-0.2, 0) is 10.2 Å². The standard InChI is InChI=1S/C13H20N4O3S/c1-10-4-3-7-17(9-10)13(18)15-11-5-2-6-12(8-11)16-21(14,19)20/h2,5-6,8,10,16H,3-4,7,9H2,1H3,(H,15,18)(H2,14,19,20). The van der Waals surface area contributed by atoms with Gasteiger partial charge >= 0.3 is 6.03 Å². The lowest BCUT2D eigenvalue weighted by Crippen LogP contribution is -2.41. The normalized spacial score (nSPS) is 19.1. The zero-order chi connectivity index (χ0) is 15.5. The van der Waals surface area contributed by atoms with Crippen molar-refractivity contribution in [1.29, 1.82) is 0 Å². The average molecular weight is 312 g/mol. The maximum absolute atomic E-state index is 12.2. The first kappa shape index (κ1) is 15.6. The molecule has 7 nitrogen and oxygen atoms in total. The number of urea groups is 1. The second kappa shape index (κ2) is 6.31. The number of hydrogen-bond acceptors (Lipinski definition) is 3. The van der Waals surface area contributed by atoms with Crippen molar-refractivity contribution in [2.24, 2.45) is 11.1 Å². The molecule has 0 spiro atoms. The van der Waals surface area contributed by atoms with Crippen LogP contribution in [0.3, 0.4) is 0 Å². The third-order valence-electron chi connectivity index (χ3n) is 3.32. The number of piperidine rings is 1. The molecule has 1 aromatic carbocycles. The Kier molecular flexibility index (Phi) is 4.69. The minimum atomic E-state index is -3.82. The molecule has 1 fully saturated rings. The van der Waals surface area contributed by atoms with Gasteiger partial charge in [-0.1, -0.05) is 13.0 Å². The number of nitrogens with two attached hydrogens (primary N) is 1. The molecule has 21 heavy (non-hydrogen) atoms. The molecule has 0 radical (unpaired) electrons. The van der Waals surface area contributed by atoms with Crippen LogP contribution >= 0.6 is 0 Å². The fourth-order valence-corrected chi connectivity index (χ4v) is 2.86. The molecule has 8 heteroatoms. The first-order chi connectivity index (χ1) is 9.83. The van der Waals surface area contributed by atoms with E-state index < -0.39 is 10.2 Å². The van der Waals surface area contributed by atoms with Crippen LogP contribution in [0.25, 0.3) is 0 Å². The molecule has 0 aliphatic carbocycles. The van der Waals surface area contributed by atoms with E-state index in [1.165, 1.54) is 6.07 Å². The average Bonchev–Trinajstić information content (AvgIpc) is 2.37. The Hall–Kier alpha value is -1.80. The maximum Gasteiger partial charge on any atom is 0.321 e. The molecule has 1 saturated heterocycles. The predicted molar refractivity (Wildman–Crippen MR) is 82.2 cm³/mol. The number of nitrogens with zero attached hydrogens (tertiary/aromatic N) is 1. The summed E-state index contributed by atoms with van der Waals surface area (Å²) in [6.45, 7) is 3.60. The maximum atomic E-state index is 12.2. The van der Waals surface area contributed by atoms with Crippen LogP contribution in [0.2, 0.25) is 0 Å². The van der Waals surface area contributed by atoms with Crippen molar-refractivity contribution in [2.75, 3.05) is 23.1 Å². The highest BCUT2D eigenvalue weighted by atomic mass is 32.2. The van der Waals surface area contributed by atoms with Crippen LogP contribution in [0.4, 0.5) is 16.2 Å². The van der Waals surface area contributed by atoms with Crippen LogP contribution < -0.4 is 15.2 Å². The van der Waals surface area contributed by atoms with E-state index in [0.717, 1.165) is 25.9 Å². The topological polar surface area (TPSA) is 105 Å². The molecule has 1 aromatic rings. The molecule has 2 amide bonds. The van der Waals surface area contributed by atoms with Crippen LogP contribution in [0.1, 0.15) is 19.8 Å². The molecule has 1 aliphatic heterocycles. The van der Waals surface area contributed by atoms with Crippen molar-refractivity contribution in [3.8, 4) is 0 Å². The van der Waals surface area contributed by atoms with Crippen LogP contribution in [0, 0.1) is 5.92 Å². The van der Waals surface area contributed by atoms with Gasteiger partial charge in [-0.25, -0.2) is 9.93 Å². The largest absolute Gasteiger partial charge is 0.324 e. The Morgan fingerprint density at radius 1 is 1.38 bits per heavy atom. The zero-order valence-corrected chi connectivity index (χ0v) is 12.7. The van der Waals surface area contributed by atoms with E-state index >= 15 is 0 Å². The second-order valence-electron chi connectivity index (χ2n) is 5.35. The van der Waals surface area contributed by atoms with E-state index in [1.807, 2.05) is 0 Å². The Morgan fingerprint density at radius 2 is 2.10 bits per heavy atom. The number of anilines is 2. The second-order valence-corrected chi connectivity index (χ2v) is 6.65. The quantitative estimate of drug-likeness (QED) is 0.789. The van der Waals surface area contributed by atoms with Crippen molar-refractivity contribution in [3.63, 3.8) is 0 Å². The van der Waals surface area contributed by atoms with Gasteiger partial charge in [-0.05, 0) is 37.0 Å². The summed E-state index contributed by atoms with van der Waals surface area (Å²) < 4.78 is 24.1. The third kappa shape index (κ3) is 4.91. The molecule has 4 N–H and O–H groups in total. The summed E-state index contributed by atoms with van der Waals surface area (Å²) >= 11 is 0. The lowest BCUT2D eigenvalue weighted by atomic mass is 10.0. The van der Waals surface area contributed by atoms with Crippen LogP contribution in [0.5, 0.6) is 0 Å². The minimum Gasteiger partial charge on any atom is -0.324 e. The predicted octanol–water partition coefficient (Wildman–Crippen LogP) is 1.57. The van der Waals surface area contributed by atoms with Gasteiger partial charge in [0.05, 0.1) is 5.69 Å². The van der Waals surface area contributed by atoms with E-state index in [0.29, 0.717) is 17.3 Å². The summed E-state index contributed by atoms with van der Waals surface area (Å²) in [5.74, 6) is 0.500. The van der Waals surface area contributed by atoms with E-state index in [2.05, 4.69) is 17.0 Å². The van der Waals surface area contributed by atoms with Crippen LogP contribution in [-0.4, -0.2) is 32.4 Å². The van der Waals surface area contributed by atoms with Gasteiger partial charge in [-0.15, -0.1) is 0 Å². The molecule has 116 valence electrons. The van der Waals surface area contributed by atoms with Crippen molar-refractivity contribution < 1.29 is 13.2 Å². The first-order valence-corrected chi connectivity index (χ1v) is 8.34. The molecule has 1 aliphatic rings. The molecule has 1 atom stereocenters. The van der Waals surface area contributed by atoms with E-state index in [9.17, 15) is 13.2 Å². The number of benzene rings is 1. The molecule has 0 saturated carbocycles. The van der Waals surface area contributed by atoms with Crippen molar-refractivity contribution in [1.82, 2.24) is 4.90 Å². The molecular weight excluding hydrogens is 292 g/mol. The van der Waals surface area contributed by atoms with Crippen LogP contribution in [0.15, 0.2) is 24.3 Å². The lowest BCUT2D eigenvalue weighted by molar-refractivity contribution is 0.182. The number of amides is 2. The van der Waals surface area contributed by atoms with Gasteiger partial charge in [-0.3, -0.25) is 4.72 Å². The fraction of sp³-hybridized carbons (Fsp3) is 0.462. The minimum absolute atomic E-state index is 0.172. The van der Waals surface area contributed by atoms with Gasteiger partial charge in [-0.2, -0.15) is 8.42 Å². The number of rotatable bonds is 3. The lowest BCUT2D eigenvalue weighted by Gasteiger charge is -2.30.